The van der Waals surface area contributed by atoms with Crippen LogP contribution in [0.1, 0.15) is 54.6 Å². The number of nitrogens with two attached hydrogens (primary N) is 1. The van der Waals surface area contributed by atoms with Crippen molar-refractivity contribution in [3.05, 3.63) is 118 Å². The van der Waals surface area contributed by atoms with Crippen LogP contribution in [0.4, 0.5) is 20.7 Å². The number of rotatable bonds is 10. The van der Waals surface area contributed by atoms with Gasteiger partial charge >= 0.3 is 5.97 Å². The van der Waals surface area contributed by atoms with Crippen LogP contribution in [0.25, 0.3) is 33.8 Å². The Balaban J connectivity index is 0.000000158. The molecule has 0 radical (unpaired) electrons. The van der Waals surface area contributed by atoms with Gasteiger partial charge < -0.3 is 30.9 Å². The second kappa shape index (κ2) is 15.6. The first-order chi connectivity index (χ1) is 29.8. The monoisotopic (exact) mass is 843 g/mol. The fraction of sp³-hybridized carbons (Fsp3) is 0.238. The number of aryl methyl sites for hydroxylation is 4. The summed E-state index contributed by atoms with van der Waals surface area (Å²) in [5.41, 5.74) is 13.7. The quantitative estimate of drug-likeness (QED) is 0.142. The van der Waals surface area contributed by atoms with Crippen LogP contribution < -0.4 is 25.8 Å². The number of nitrogens with zero attached hydrogens (tertiary/aromatic N) is 10. The van der Waals surface area contributed by atoms with Crippen molar-refractivity contribution in [3.8, 4) is 34.0 Å². The number of carboxylic acid groups (broad SMARTS) is 1. The molecule has 18 nitrogen and oxygen atoms in total. The van der Waals surface area contributed by atoms with E-state index in [9.17, 15) is 23.5 Å². The topological polar surface area (TPSA) is 219 Å². The molecule has 1 amide bonds. The molecule has 0 spiro atoms. The Hall–Kier alpha value is -7.90. The highest BCUT2D eigenvalue weighted by molar-refractivity contribution is 5.92. The van der Waals surface area contributed by atoms with Gasteiger partial charge in [-0.05, 0) is 50.2 Å². The Morgan fingerprint density at radius 2 is 1.19 bits per heavy atom. The number of benzene rings is 2. The Labute approximate surface area is 351 Å². The number of primary amides is 1. The molecule has 6 aromatic heterocycles. The molecule has 8 heterocycles. The fourth-order valence-electron chi connectivity index (χ4n) is 7.87. The summed E-state index contributed by atoms with van der Waals surface area (Å²) < 4.78 is 46.7. The van der Waals surface area contributed by atoms with Gasteiger partial charge in [-0.3, -0.25) is 23.0 Å². The third-order valence-electron chi connectivity index (χ3n) is 10.7. The Morgan fingerprint density at radius 3 is 1.61 bits per heavy atom. The van der Waals surface area contributed by atoms with Gasteiger partial charge in [-0.1, -0.05) is 0 Å². The summed E-state index contributed by atoms with van der Waals surface area (Å²) in [7, 11) is 3.62. The van der Waals surface area contributed by atoms with Crippen LogP contribution >= 0.6 is 0 Å². The number of carboxylic acids is 1. The molecule has 0 saturated heterocycles. The lowest BCUT2D eigenvalue weighted by atomic mass is 10.0. The number of fused-ring (bicyclic) bond motifs is 4. The fourth-order valence-corrected chi connectivity index (χ4v) is 7.87. The number of amides is 1. The van der Waals surface area contributed by atoms with Crippen LogP contribution in [0.2, 0.25) is 0 Å². The van der Waals surface area contributed by atoms with Gasteiger partial charge in [0, 0.05) is 87.1 Å². The predicted molar refractivity (Wildman–Crippen MR) is 221 cm³/mol. The van der Waals surface area contributed by atoms with Gasteiger partial charge in [0.25, 0.3) is 5.91 Å². The second-order valence-corrected chi connectivity index (χ2v) is 14.8. The van der Waals surface area contributed by atoms with Crippen LogP contribution in [-0.4, -0.2) is 78.5 Å². The summed E-state index contributed by atoms with van der Waals surface area (Å²) in [5, 5.41) is 24.5. The lowest BCUT2D eigenvalue weighted by Crippen LogP contribution is -2.11. The summed E-state index contributed by atoms with van der Waals surface area (Å²) in [4.78, 5) is 41.0. The average molecular weight is 844 g/mol. The molecular formula is C42H39F2N13O5. The normalized spacial score (nSPS) is 12.7. The minimum absolute atomic E-state index is 0.108. The van der Waals surface area contributed by atoms with Crippen molar-refractivity contribution in [2.75, 3.05) is 23.8 Å². The van der Waals surface area contributed by atoms with Crippen LogP contribution in [0.3, 0.4) is 0 Å². The number of ether oxygens (including phenoxy) is 2. The molecule has 0 aliphatic carbocycles. The van der Waals surface area contributed by atoms with E-state index in [1.807, 2.05) is 33.0 Å². The summed E-state index contributed by atoms with van der Waals surface area (Å²) in [6.07, 6.45) is 7.48. The largest absolute Gasteiger partial charge is 0.493 e. The zero-order chi connectivity index (χ0) is 43.4. The van der Waals surface area contributed by atoms with E-state index in [0.717, 1.165) is 33.9 Å². The molecule has 0 atom stereocenters. The molecular weight excluding hydrogens is 805 g/mol. The van der Waals surface area contributed by atoms with E-state index in [-0.39, 0.29) is 36.1 Å². The number of aromatic nitrogens is 10. The molecule has 20 heteroatoms. The minimum atomic E-state index is -1.15. The molecule has 2 aliphatic rings. The van der Waals surface area contributed by atoms with E-state index in [0.29, 0.717) is 83.0 Å². The van der Waals surface area contributed by atoms with Crippen molar-refractivity contribution < 1.29 is 33.0 Å². The zero-order valence-corrected chi connectivity index (χ0v) is 33.9. The van der Waals surface area contributed by atoms with E-state index in [2.05, 4.69) is 40.8 Å². The molecule has 62 heavy (non-hydrogen) atoms. The first-order valence-electron chi connectivity index (χ1n) is 19.5. The first-order valence-corrected chi connectivity index (χ1v) is 19.5. The number of imidazole rings is 2. The molecule has 0 unspecified atom stereocenters. The van der Waals surface area contributed by atoms with E-state index >= 15 is 0 Å². The minimum Gasteiger partial charge on any atom is -0.493 e. The number of carbonyl (C=O) groups is 2. The van der Waals surface area contributed by atoms with Crippen molar-refractivity contribution in [2.24, 2.45) is 19.8 Å². The summed E-state index contributed by atoms with van der Waals surface area (Å²) in [5.74, 6) is -0.269. The molecule has 2 aromatic carbocycles. The number of carbonyl (C=O) groups excluding carboxylic acids is 1. The Bertz CT molecular complexity index is 2890. The number of hydrogen-bond donors (Lipinski definition) is 4. The van der Waals surface area contributed by atoms with Gasteiger partial charge in [0.05, 0.1) is 47.1 Å². The number of hydrogen-bond acceptors (Lipinski definition) is 12. The molecule has 0 fully saturated rings. The first kappa shape index (κ1) is 39.6. The molecule has 2 aliphatic heterocycles. The lowest BCUT2D eigenvalue weighted by molar-refractivity contribution is 0.0691. The van der Waals surface area contributed by atoms with E-state index in [4.69, 9.17) is 15.2 Å². The standard InChI is InChI=1S/C21H20FN7O2.C21H19FN6O3/c1-11-7-17(28(2)27-11)14-9-25-21(29-10-16(19(23)30)26-20(14)29)24-8-13-12-5-6-31-18(12)4-3-15(13)22;1-11-7-17(27(2)26-11)14-9-24-21(28-10-16(20(29)30)25-19(14)28)23-8-13-12-5-6-31-18(12)4-3-15(13)22/h3-4,7,9-10H,5-6,8H2,1-2H3,(H2,23,30)(H,24,25);3-4,7,9-10H,5-6,8H2,1-2H3,(H,23,24)(H,29,30). The molecule has 316 valence electrons. The number of halogens is 2. The molecule has 0 bridgehead atoms. The molecule has 0 saturated carbocycles. The maximum Gasteiger partial charge on any atom is 0.356 e. The maximum atomic E-state index is 14.5. The number of nitrogens with one attached hydrogen (secondary N) is 2. The smallest absolute Gasteiger partial charge is 0.356 e. The van der Waals surface area contributed by atoms with E-state index in [1.165, 1.54) is 24.5 Å². The molecule has 10 rings (SSSR count). The summed E-state index contributed by atoms with van der Waals surface area (Å²) >= 11 is 0. The van der Waals surface area contributed by atoms with Crippen LogP contribution in [0, 0.1) is 25.5 Å². The van der Waals surface area contributed by atoms with Crippen molar-refractivity contribution in [1.82, 2.24) is 48.3 Å². The predicted octanol–water partition coefficient (Wildman–Crippen LogP) is 5.05. The maximum absolute atomic E-state index is 14.5. The number of anilines is 2. The highest BCUT2D eigenvalue weighted by Gasteiger charge is 2.24. The van der Waals surface area contributed by atoms with Gasteiger partial charge in [-0.2, -0.15) is 10.2 Å². The number of aromatic carboxylic acids is 1. The van der Waals surface area contributed by atoms with Crippen molar-refractivity contribution >= 4 is 35.1 Å². The third kappa shape index (κ3) is 7.13. The van der Waals surface area contributed by atoms with Gasteiger partial charge in [-0.25, -0.2) is 33.5 Å². The lowest BCUT2D eigenvalue weighted by Gasteiger charge is -2.13. The van der Waals surface area contributed by atoms with Gasteiger partial charge in [0.1, 0.15) is 28.8 Å². The van der Waals surface area contributed by atoms with Crippen LogP contribution in [0.5, 0.6) is 11.5 Å². The van der Waals surface area contributed by atoms with Crippen molar-refractivity contribution in [1.29, 1.82) is 0 Å². The highest BCUT2D eigenvalue weighted by atomic mass is 19.1. The van der Waals surface area contributed by atoms with Gasteiger partial charge in [-0.15, -0.1) is 0 Å². The average Bonchev–Trinajstić information content (AvgIpc) is 4.10. The summed E-state index contributed by atoms with van der Waals surface area (Å²) in [6.45, 7) is 5.20. The SMILES string of the molecule is Cc1cc(-c2cnc(NCc3c(F)ccc4c3CCO4)n3cc(C(=O)O)nc23)n(C)n1.Cc1cc(-c2cnc(NCc3c(F)ccc4c3CCO4)n3cc(C(N)=O)nc23)n(C)n1. The molecule has 5 N–H and O–H groups in total. The molecule has 8 aromatic rings. The van der Waals surface area contributed by atoms with Gasteiger partial charge in [0.2, 0.25) is 11.9 Å². The third-order valence-corrected chi connectivity index (χ3v) is 10.7. The van der Waals surface area contributed by atoms with Crippen LogP contribution in [0.15, 0.2) is 61.2 Å². The Kier molecular flexibility index (Phi) is 9.96. The van der Waals surface area contributed by atoms with E-state index in [1.54, 1.807) is 49.7 Å². The van der Waals surface area contributed by atoms with Crippen LogP contribution in [-0.2, 0) is 40.0 Å². The van der Waals surface area contributed by atoms with E-state index < -0.39 is 11.9 Å². The van der Waals surface area contributed by atoms with Gasteiger partial charge in [0.15, 0.2) is 17.0 Å². The second-order valence-electron chi connectivity index (χ2n) is 14.8. The zero-order valence-electron chi connectivity index (χ0n) is 33.9. The summed E-state index contributed by atoms with van der Waals surface area (Å²) in [6, 6.07) is 9.86. The van der Waals surface area contributed by atoms with Crippen molar-refractivity contribution in [2.45, 2.75) is 39.8 Å². The van der Waals surface area contributed by atoms with Crippen molar-refractivity contribution in [3.63, 3.8) is 0 Å². The Morgan fingerprint density at radius 1 is 0.742 bits per heavy atom. The highest BCUT2D eigenvalue weighted by Crippen LogP contribution is 2.33.